The number of rotatable bonds is 12. The van der Waals surface area contributed by atoms with E-state index in [2.05, 4.69) is 103 Å². The van der Waals surface area contributed by atoms with Crippen LogP contribution >= 0.6 is 0 Å². The summed E-state index contributed by atoms with van der Waals surface area (Å²) in [5.41, 5.74) is 12.9. The van der Waals surface area contributed by atoms with Crippen LogP contribution in [0.1, 0.15) is 76.3 Å². The van der Waals surface area contributed by atoms with Gasteiger partial charge in [0.2, 0.25) is 0 Å². The van der Waals surface area contributed by atoms with Crippen molar-refractivity contribution in [2.45, 2.75) is 47.2 Å². The second-order valence-corrected chi connectivity index (χ2v) is 18.0. The lowest BCUT2D eigenvalue weighted by Gasteiger charge is -2.19. The number of hydrogen-bond acceptors (Lipinski definition) is 4. The summed E-state index contributed by atoms with van der Waals surface area (Å²) in [7, 11) is 3.23. The zero-order valence-electron chi connectivity index (χ0n) is 39.3. The first-order valence-electron chi connectivity index (χ1n) is 23.0. The van der Waals surface area contributed by atoms with Crippen LogP contribution in [0.3, 0.4) is 0 Å². The van der Waals surface area contributed by atoms with Crippen molar-refractivity contribution in [3.05, 3.63) is 214 Å². The summed E-state index contributed by atoms with van der Waals surface area (Å²) in [6.07, 6.45) is 0. The van der Waals surface area contributed by atoms with E-state index in [1.165, 1.54) is 11.4 Å². The van der Waals surface area contributed by atoms with Gasteiger partial charge >= 0.3 is 22.1 Å². The van der Waals surface area contributed by atoms with E-state index in [0.29, 0.717) is 22.6 Å². The van der Waals surface area contributed by atoms with E-state index in [0.717, 1.165) is 99.0 Å². The first kappa shape index (κ1) is 46.8. The Bertz CT molecular complexity index is 3700. The molecule has 0 radical (unpaired) electrons. The molecular weight excluding hydrogens is 885 g/mol. The molecule has 0 aliphatic carbocycles. The minimum atomic E-state index is -0.234. The van der Waals surface area contributed by atoms with Crippen LogP contribution < -0.4 is 38.9 Å². The maximum Gasteiger partial charge on any atom is 0.700 e. The van der Waals surface area contributed by atoms with Gasteiger partial charge in [0.1, 0.15) is 11.5 Å². The number of hydrogen-bond donors (Lipinski definition) is 2. The zero-order chi connectivity index (χ0) is 47.8. The summed E-state index contributed by atoms with van der Waals surface area (Å²) < 4.78 is 22.1. The third-order valence-electron chi connectivity index (χ3n) is 13.2. The molecule has 0 bridgehead atoms. The molecule has 2 atom stereocenters. The smallest absolute Gasteiger partial charge is 0.496 e. The van der Waals surface area contributed by atoms with Gasteiger partial charge in [0.25, 0.3) is 11.8 Å². The highest BCUT2D eigenvalue weighted by molar-refractivity contribution is 7.55. The molecule has 2 amide bonds. The number of fused-ring (bicyclic) bond motifs is 3. The second-order valence-electron chi connectivity index (χ2n) is 17.5. The SMILES string of the molecule is C.COc1cc(C(=O)NC(C)c2ccccc2)cc(OC)c1-c1cccc2cccc(-c3ccc(-c4cccc5cccc(-c6c(C)cc(C(=O)N[C@H](C)c7ccccc7)cc6C)c45)c4c3=[N+]=S=[N+]=4)c12. The van der Waals surface area contributed by atoms with E-state index in [1.807, 2.05) is 92.7 Å². The molecule has 9 aromatic carbocycles. The van der Waals surface area contributed by atoms with Gasteiger partial charge in [0, 0.05) is 11.1 Å². The molecule has 8 nitrogen and oxygen atoms in total. The fourth-order valence-corrected chi connectivity index (χ4v) is 10.5. The van der Waals surface area contributed by atoms with Gasteiger partial charge in [-0.05, 0) is 136 Å². The van der Waals surface area contributed by atoms with Gasteiger partial charge in [-0.1, -0.05) is 141 Å². The first-order valence-corrected chi connectivity index (χ1v) is 23.8. The highest BCUT2D eigenvalue weighted by Crippen LogP contribution is 2.45. The van der Waals surface area contributed by atoms with E-state index in [-0.39, 0.29) is 31.3 Å². The van der Waals surface area contributed by atoms with Crippen LogP contribution in [0.15, 0.2) is 170 Å². The number of methoxy groups -OCH3 is 2. The standard InChI is InChI=1S/C60H48N4O4S.CH4/c1-35-31-43(59(65)61-37(3)39-17-9-7-10-18-39)32-36(2)53(35)49-27-15-23-41-21-13-25-45(54(41)49)47-29-30-48(58-57(47)63-69-64-58)46-26-14-22-42-24-16-28-50(55(42)46)56-51(67-5)33-44(34-52(56)68-6)60(66)62-38(4)40-19-11-8-12-20-40;/h7-34,37-38H,1-6H3;1H4/p+2/t37-,38?;/m1./s1. The Balaban J connectivity index is 0.00000608. The number of nitrogens with one attached hydrogen (secondary N) is 2. The average molecular weight is 939 g/mol. The van der Waals surface area contributed by atoms with Gasteiger partial charge in [-0.3, -0.25) is 9.59 Å². The van der Waals surface area contributed by atoms with Crippen LogP contribution in [0.4, 0.5) is 0 Å². The Kier molecular flexibility index (Phi) is 13.2. The molecule has 9 heteroatoms. The largest absolute Gasteiger partial charge is 0.700 e. The normalized spacial score (nSPS) is 12.1. The van der Waals surface area contributed by atoms with E-state index in [1.54, 1.807) is 26.4 Å². The van der Waals surface area contributed by atoms with Crippen LogP contribution in [-0.2, 0) is 11.4 Å². The fraction of sp³-hybridized carbons (Fsp3) is 0.148. The molecule has 9 aromatic rings. The molecule has 2 N–H and O–H groups in total. The molecule has 1 aliphatic heterocycles. The van der Waals surface area contributed by atoms with Crippen molar-refractivity contribution < 1.29 is 19.1 Å². The number of amides is 2. The predicted octanol–water partition coefficient (Wildman–Crippen LogP) is 11.8. The molecule has 346 valence electrons. The summed E-state index contributed by atoms with van der Waals surface area (Å²) in [4.78, 5) is 27.4. The summed E-state index contributed by atoms with van der Waals surface area (Å²) in [5, 5.41) is 12.1. The summed E-state index contributed by atoms with van der Waals surface area (Å²) in [6, 6.07) is 56.7. The van der Waals surface area contributed by atoms with Gasteiger partial charge in [-0.2, -0.15) is 0 Å². The lowest BCUT2D eigenvalue weighted by Crippen LogP contribution is -2.31. The third-order valence-corrected chi connectivity index (χ3v) is 13.7. The van der Waals surface area contributed by atoms with Gasteiger partial charge in [0.05, 0.1) is 51.1 Å². The number of ether oxygens (including phenoxy) is 2. The molecule has 1 aliphatic rings. The quantitative estimate of drug-likeness (QED) is 0.119. The van der Waals surface area contributed by atoms with E-state index >= 15 is 0 Å². The molecule has 0 aromatic heterocycles. The monoisotopic (exact) mass is 938 g/mol. The van der Waals surface area contributed by atoms with Gasteiger partial charge in [-0.15, -0.1) is 0 Å². The van der Waals surface area contributed by atoms with Gasteiger partial charge in [-0.25, -0.2) is 0 Å². The first-order chi connectivity index (χ1) is 33.6. The third kappa shape index (κ3) is 8.59. The Morgan fingerprint density at radius 1 is 0.471 bits per heavy atom. The number of aryl methyl sites for hydroxylation is 2. The van der Waals surface area contributed by atoms with Crippen molar-refractivity contribution in [1.29, 1.82) is 0 Å². The Hall–Kier alpha value is -8.32. The van der Waals surface area contributed by atoms with Crippen molar-refractivity contribution >= 4 is 44.7 Å². The van der Waals surface area contributed by atoms with E-state index < -0.39 is 0 Å². The lowest BCUT2D eigenvalue weighted by molar-refractivity contribution is 0.0931. The summed E-state index contributed by atoms with van der Waals surface area (Å²) >= 11 is 1.20. The maximum absolute atomic E-state index is 13.7. The van der Waals surface area contributed by atoms with Crippen molar-refractivity contribution in [3.63, 3.8) is 0 Å². The lowest BCUT2D eigenvalue weighted by atomic mass is 9.86. The van der Waals surface area contributed by atoms with Crippen molar-refractivity contribution in [1.82, 2.24) is 18.7 Å². The molecule has 0 fully saturated rings. The van der Waals surface area contributed by atoms with E-state index in [9.17, 15) is 9.59 Å². The molecular formula is C61H54N4O4S+2. The molecule has 0 saturated heterocycles. The molecule has 1 unspecified atom stereocenters. The van der Waals surface area contributed by atoms with Crippen molar-refractivity contribution in [3.8, 4) is 56.0 Å². The molecule has 0 spiro atoms. The second kappa shape index (κ2) is 19.7. The van der Waals surface area contributed by atoms with Crippen LogP contribution in [0.25, 0.3) is 66.1 Å². The van der Waals surface area contributed by atoms with Crippen LogP contribution in [0.5, 0.6) is 11.5 Å². The number of carbonyl (C=O) groups excluding carboxylic acids is 2. The number of nitrogens with zero attached hydrogens (tertiary/aromatic N) is 2. The zero-order valence-corrected chi connectivity index (χ0v) is 40.1. The minimum Gasteiger partial charge on any atom is -0.496 e. The Labute approximate surface area is 411 Å². The Morgan fingerprint density at radius 3 is 1.27 bits per heavy atom. The Morgan fingerprint density at radius 2 is 0.857 bits per heavy atom. The minimum absolute atomic E-state index is 0. The maximum atomic E-state index is 13.7. The van der Waals surface area contributed by atoms with Crippen LogP contribution in [0.2, 0.25) is 0 Å². The van der Waals surface area contributed by atoms with Crippen LogP contribution in [-0.4, -0.2) is 26.0 Å². The number of carbonyl (C=O) groups is 2. The van der Waals surface area contributed by atoms with Crippen molar-refractivity contribution in [2.75, 3.05) is 14.2 Å². The molecule has 0 saturated carbocycles. The van der Waals surface area contributed by atoms with Crippen molar-refractivity contribution in [2.24, 2.45) is 0 Å². The molecule has 1 heterocycles. The van der Waals surface area contributed by atoms with E-state index in [4.69, 9.17) is 17.6 Å². The predicted molar refractivity (Wildman–Crippen MR) is 286 cm³/mol. The van der Waals surface area contributed by atoms with Gasteiger partial charge < -0.3 is 20.1 Å². The highest BCUT2D eigenvalue weighted by Gasteiger charge is 2.30. The average Bonchev–Trinajstić information content (AvgIpc) is 3.88. The highest BCUT2D eigenvalue weighted by atomic mass is 32.1. The number of benzene rings is 9. The molecule has 10 rings (SSSR count). The summed E-state index contributed by atoms with van der Waals surface area (Å²) in [5.74, 6) is 0.683. The fourth-order valence-electron chi connectivity index (χ4n) is 9.89. The summed E-state index contributed by atoms with van der Waals surface area (Å²) in [6.45, 7) is 8.14. The van der Waals surface area contributed by atoms with Crippen LogP contribution in [0, 0.1) is 13.8 Å². The van der Waals surface area contributed by atoms with Gasteiger partial charge in [0.15, 0.2) is 0 Å². The molecule has 70 heavy (non-hydrogen) atoms. The topological polar surface area (TPSA) is 105 Å².